The van der Waals surface area contributed by atoms with Crippen molar-refractivity contribution in [1.82, 2.24) is 0 Å². The van der Waals surface area contributed by atoms with Crippen LogP contribution < -0.4 is 5.73 Å². The average molecular weight is 193 g/mol. The van der Waals surface area contributed by atoms with Crippen LogP contribution in [0.25, 0.3) is 0 Å². The quantitative estimate of drug-likeness (QED) is 0.627. The molecule has 0 saturated heterocycles. The van der Waals surface area contributed by atoms with Gasteiger partial charge in [-0.25, -0.2) is 0 Å². The van der Waals surface area contributed by atoms with Gasteiger partial charge in [0.1, 0.15) is 4.75 Å². The zero-order chi connectivity index (χ0) is 9.24. The van der Waals surface area contributed by atoms with E-state index in [0.29, 0.717) is 12.8 Å². The Kier molecular flexibility index (Phi) is 2.75. The molecule has 3 N–H and O–H groups in total. The zero-order valence-corrected chi connectivity index (χ0v) is 7.81. The van der Waals surface area contributed by atoms with E-state index in [-0.39, 0.29) is 6.54 Å². The van der Waals surface area contributed by atoms with E-state index in [1.807, 2.05) is 0 Å². The minimum atomic E-state index is -3.96. The number of hydrogen-bond donors (Lipinski definition) is 2. The molecule has 0 bridgehead atoms. The molecule has 4 nitrogen and oxygen atoms in total. The topological polar surface area (TPSA) is 80.4 Å². The summed E-state index contributed by atoms with van der Waals surface area (Å²) in [5.41, 5.74) is 5.39. The Balaban J connectivity index is 2.88. The summed E-state index contributed by atoms with van der Waals surface area (Å²) >= 11 is 0. The van der Waals surface area contributed by atoms with Crippen LogP contribution in [0.3, 0.4) is 0 Å². The molecule has 0 aliphatic heterocycles. The average Bonchev–Trinajstić information content (AvgIpc) is 2.04. The fraction of sp³-hybridized carbons (Fsp3) is 1.00. The third kappa shape index (κ3) is 1.62. The highest BCUT2D eigenvalue weighted by atomic mass is 32.2. The lowest BCUT2D eigenvalue weighted by atomic mass is 9.88. The van der Waals surface area contributed by atoms with Crippen molar-refractivity contribution < 1.29 is 13.0 Å². The molecule has 1 saturated carbocycles. The molecule has 1 rings (SSSR count). The van der Waals surface area contributed by atoms with Crippen molar-refractivity contribution in [3.63, 3.8) is 0 Å². The third-order valence-electron chi connectivity index (χ3n) is 2.68. The Morgan fingerprint density at radius 3 is 2.00 bits per heavy atom. The summed E-state index contributed by atoms with van der Waals surface area (Å²) in [6, 6.07) is 0. The highest BCUT2D eigenvalue weighted by molar-refractivity contribution is 7.87. The Bertz CT molecular complexity index is 241. The lowest BCUT2D eigenvalue weighted by molar-refractivity contribution is 0.344. The zero-order valence-electron chi connectivity index (χ0n) is 6.99. The molecular formula is C7H15NO3S. The first-order valence-electron chi connectivity index (χ1n) is 4.19. The molecule has 0 unspecified atom stereocenters. The van der Waals surface area contributed by atoms with Gasteiger partial charge in [0.2, 0.25) is 0 Å². The monoisotopic (exact) mass is 193 g/mol. The fourth-order valence-corrected chi connectivity index (χ4v) is 2.78. The van der Waals surface area contributed by atoms with Crippen LogP contribution in [0.2, 0.25) is 0 Å². The van der Waals surface area contributed by atoms with Crippen molar-refractivity contribution in [3.05, 3.63) is 0 Å². The minimum absolute atomic E-state index is 0.0336. The second-order valence-electron chi connectivity index (χ2n) is 3.42. The van der Waals surface area contributed by atoms with E-state index in [2.05, 4.69) is 0 Å². The summed E-state index contributed by atoms with van der Waals surface area (Å²) in [4.78, 5) is 0. The van der Waals surface area contributed by atoms with Crippen molar-refractivity contribution in [2.45, 2.75) is 36.9 Å². The molecule has 12 heavy (non-hydrogen) atoms. The summed E-state index contributed by atoms with van der Waals surface area (Å²) in [7, 11) is -3.96. The van der Waals surface area contributed by atoms with E-state index < -0.39 is 14.9 Å². The lowest BCUT2D eigenvalue weighted by Crippen LogP contribution is -2.46. The first kappa shape index (κ1) is 9.95. The van der Waals surface area contributed by atoms with Gasteiger partial charge in [-0.05, 0) is 12.8 Å². The summed E-state index contributed by atoms with van der Waals surface area (Å²) in [6.45, 7) is 0.0336. The molecular weight excluding hydrogens is 178 g/mol. The maximum Gasteiger partial charge on any atom is 0.271 e. The van der Waals surface area contributed by atoms with Crippen molar-refractivity contribution in [2.75, 3.05) is 6.54 Å². The van der Waals surface area contributed by atoms with Gasteiger partial charge in [0.05, 0.1) is 0 Å². The van der Waals surface area contributed by atoms with Crippen LogP contribution in [0.15, 0.2) is 0 Å². The van der Waals surface area contributed by atoms with Gasteiger partial charge >= 0.3 is 0 Å². The summed E-state index contributed by atoms with van der Waals surface area (Å²) < 4.78 is 30.0. The summed E-state index contributed by atoms with van der Waals surface area (Å²) in [5.74, 6) is 0. The second-order valence-corrected chi connectivity index (χ2v) is 5.24. The maximum atomic E-state index is 11.0. The first-order valence-corrected chi connectivity index (χ1v) is 5.63. The molecule has 0 aromatic heterocycles. The van der Waals surface area contributed by atoms with Crippen molar-refractivity contribution in [1.29, 1.82) is 0 Å². The molecule has 72 valence electrons. The van der Waals surface area contributed by atoms with Gasteiger partial charge < -0.3 is 5.73 Å². The molecule has 0 amide bonds. The van der Waals surface area contributed by atoms with E-state index in [9.17, 15) is 8.42 Å². The standard InChI is InChI=1S/C7H15NO3S/c8-6-7(12(9,10)11)4-2-1-3-5-7/h1-6,8H2,(H,9,10,11). The van der Waals surface area contributed by atoms with Gasteiger partial charge in [0.25, 0.3) is 10.1 Å². The van der Waals surface area contributed by atoms with Gasteiger partial charge in [0.15, 0.2) is 0 Å². The first-order chi connectivity index (χ1) is 5.52. The largest absolute Gasteiger partial charge is 0.329 e. The molecule has 0 heterocycles. The van der Waals surface area contributed by atoms with Crippen LogP contribution >= 0.6 is 0 Å². The van der Waals surface area contributed by atoms with Crippen LogP contribution in [-0.2, 0) is 10.1 Å². The molecule has 0 aromatic carbocycles. The summed E-state index contributed by atoms with van der Waals surface area (Å²) in [5, 5.41) is 0. The molecule has 1 aliphatic carbocycles. The highest BCUT2D eigenvalue weighted by Gasteiger charge is 2.42. The SMILES string of the molecule is NCC1(S(=O)(=O)O)CCCCC1. The highest BCUT2D eigenvalue weighted by Crippen LogP contribution is 2.33. The number of rotatable bonds is 2. The number of hydrogen-bond acceptors (Lipinski definition) is 3. The molecule has 1 fully saturated rings. The van der Waals surface area contributed by atoms with Gasteiger partial charge in [-0.2, -0.15) is 8.42 Å². The van der Waals surface area contributed by atoms with Crippen LogP contribution in [0.5, 0.6) is 0 Å². The normalized spacial score (nSPS) is 23.8. The Morgan fingerprint density at radius 1 is 1.25 bits per heavy atom. The number of nitrogens with two attached hydrogens (primary N) is 1. The second kappa shape index (κ2) is 3.32. The van der Waals surface area contributed by atoms with Crippen LogP contribution in [-0.4, -0.2) is 24.3 Å². The van der Waals surface area contributed by atoms with Crippen molar-refractivity contribution in [2.24, 2.45) is 5.73 Å². The minimum Gasteiger partial charge on any atom is -0.329 e. The van der Waals surface area contributed by atoms with Crippen molar-refractivity contribution in [3.8, 4) is 0 Å². The molecule has 0 radical (unpaired) electrons. The van der Waals surface area contributed by atoms with E-state index in [4.69, 9.17) is 10.3 Å². The van der Waals surface area contributed by atoms with E-state index in [0.717, 1.165) is 19.3 Å². The van der Waals surface area contributed by atoms with Crippen LogP contribution in [0.1, 0.15) is 32.1 Å². The molecule has 1 aliphatic rings. The van der Waals surface area contributed by atoms with E-state index in [1.165, 1.54) is 0 Å². The van der Waals surface area contributed by atoms with Crippen LogP contribution in [0, 0.1) is 0 Å². The fourth-order valence-electron chi connectivity index (χ4n) is 1.76. The molecule has 0 atom stereocenters. The van der Waals surface area contributed by atoms with Gasteiger partial charge in [-0.3, -0.25) is 4.55 Å². The van der Waals surface area contributed by atoms with Crippen molar-refractivity contribution >= 4 is 10.1 Å². The third-order valence-corrected chi connectivity index (χ3v) is 4.35. The van der Waals surface area contributed by atoms with Gasteiger partial charge in [0, 0.05) is 6.54 Å². The molecule has 5 heteroatoms. The Hall–Kier alpha value is -0.130. The van der Waals surface area contributed by atoms with E-state index >= 15 is 0 Å². The smallest absolute Gasteiger partial charge is 0.271 e. The van der Waals surface area contributed by atoms with Gasteiger partial charge in [-0.1, -0.05) is 19.3 Å². The molecule has 0 aromatic rings. The van der Waals surface area contributed by atoms with E-state index in [1.54, 1.807) is 0 Å². The van der Waals surface area contributed by atoms with Crippen LogP contribution in [0.4, 0.5) is 0 Å². The summed E-state index contributed by atoms with van der Waals surface area (Å²) in [6.07, 6.45) is 3.73. The Morgan fingerprint density at radius 2 is 1.75 bits per heavy atom. The Labute approximate surface area is 72.9 Å². The lowest BCUT2D eigenvalue weighted by Gasteiger charge is -2.32. The predicted octanol–water partition coefficient (Wildman–Crippen LogP) is 0.536. The maximum absolute atomic E-state index is 11.0. The van der Waals surface area contributed by atoms with Gasteiger partial charge in [-0.15, -0.1) is 0 Å². The molecule has 0 spiro atoms. The predicted molar refractivity (Wildman–Crippen MR) is 46.4 cm³/mol.